The second-order valence-corrected chi connectivity index (χ2v) is 4.39. The lowest BCUT2D eigenvalue weighted by Gasteiger charge is -2.18. The zero-order chi connectivity index (χ0) is 14.4. The molecule has 6 heteroatoms. The van der Waals surface area contributed by atoms with Gasteiger partial charge in [-0.1, -0.05) is 29.8 Å². The van der Waals surface area contributed by atoms with Crippen LogP contribution in [0.5, 0.6) is 0 Å². The molecule has 0 aliphatic rings. The molecule has 0 saturated carbocycles. The monoisotopic (exact) mass is 284 g/mol. The van der Waals surface area contributed by atoms with Gasteiger partial charge >= 0.3 is 5.97 Å². The van der Waals surface area contributed by atoms with Crippen LogP contribution in [0.2, 0.25) is 5.02 Å². The summed E-state index contributed by atoms with van der Waals surface area (Å²) in [6.07, 6.45) is 0. The number of amides is 1. The van der Waals surface area contributed by atoms with E-state index in [-0.39, 0.29) is 12.6 Å². The summed E-state index contributed by atoms with van der Waals surface area (Å²) in [5.41, 5.74) is 6.25. The van der Waals surface area contributed by atoms with Gasteiger partial charge in [-0.25, -0.2) is 4.79 Å². The molecule has 1 aromatic rings. The van der Waals surface area contributed by atoms with Crippen molar-refractivity contribution in [3.05, 3.63) is 34.9 Å². The molecular weight excluding hydrogens is 268 g/mol. The van der Waals surface area contributed by atoms with Crippen molar-refractivity contribution in [1.82, 2.24) is 5.32 Å². The smallest absolute Gasteiger partial charge is 0.332 e. The summed E-state index contributed by atoms with van der Waals surface area (Å²) >= 11 is 6.02. The quantitative estimate of drug-likeness (QED) is 0.633. The molecule has 0 spiro atoms. The number of nitrogens with one attached hydrogen (secondary N) is 1. The predicted molar refractivity (Wildman–Crippen MR) is 72.6 cm³/mol. The van der Waals surface area contributed by atoms with Crippen LogP contribution in [0.1, 0.15) is 25.5 Å². The number of esters is 1. The summed E-state index contributed by atoms with van der Waals surface area (Å²) in [4.78, 5) is 23.1. The van der Waals surface area contributed by atoms with Crippen molar-refractivity contribution >= 4 is 23.5 Å². The Hall–Kier alpha value is -1.59. The number of hydrogen-bond donors (Lipinski definition) is 2. The topological polar surface area (TPSA) is 81.4 Å². The first-order valence-electron chi connectivity index (χ1n) is 5.94. The normalized spacial score (nSPS) is 13.5. The third-order valence-corrected chi connectivity index (χ3v) is 2.90. The Morgan fingerprint density at radius 3 is 2.63 bits per heavy atom. The number of halogens is 1. The Bertz CT molecular complexity index is 465. The maximum Gasteiger partial charge on any atom is 0.332 e. The van der Waals surface area contributed by atoms with Gasteiger partial charge < -0.3 is 15.8 Å². The first-order chi connectivity index (χ1) is 8.97. The van der Waals surface area contributed by atoms with Crippen LogP contribution in [0.4, 0.5) is 0 Å². The van der Waals surface area contributed by atoms with Crippen molar-refractivity contribution in [1.29, 1.82) is 0 Å². The molecule has 0 aliphatic heterocycles. The van der Waals surface area contributed by atoms with Crippen LogP contribution in [0.15, 0.2) is 24.3 Å². The highest BCUT2D eigenvalue weighted by Gasteiger charge is 2.25. The van der Waals surface area contributed by atoms with Crippen molar-refractivity contribution in [2.75, 3.05) is 6.61 Å². The summed E-state index contributed by atoms with van der Waals surface area (Å²) in [6.45, 7) is 3.59. The van der Waals surface area contributed by atoms with Crippen LogP contribution >= 0.6 is 11.6 Å². The minimum absolute atomic E-state index is 0.180. The highest BCUT2D eigenvalue weighted by Crippen LogP contribution is 2.21. The lowest BCUT2D eigenvalue weighted by Crippen LogP contribution is -2.47. The second-order valence-electron chi connectivity index (χ2n) is 3.98. The number of carbonyl (C=O) groups excluding carboxylic acids is 2. The van der Waals surface area contributed by atoms with Gasteiger partial charge in [0.15, 0.2) is 6.04 Å². The van der Waals surface area contributed by atoms with Crippen molar-refractivity contribution in [2.45, 2.75) is 25.9 Å². The van der Waals surface area contributed by atoms with Gasteiger partial charge in [0.25, 0.3) is 0 Å². The minimum atomic E-state index is -1.33. The van der Waals surface area contributed by atoms with Gasteiger partial charge in [0.1, 0.15) is 0 Å². The van der Waals surface area contributed by atoms with Crippen LogP contribution in [-0.4, -0.2) is 24.5 Å². The Morgan fingerprint density at radius 1 is 1.42 bits per heavy atom. The van der Waals surface area contributed by atoms with E-state index >= 15 is 0 Å². The molecule has 0 aliphatic carbocycles. The zero-order valence-corrected chi connectivity index (χ0v) is 11.6. The number of carbonyl (C=O) groups is 2. The van der Waals surface area contributed by atoms with Crippen LogP contribution in [0.3, 0.4) is 0 Å². The minimum Gasteiger partial charge on any atom is -0.464 e. The summed E-state index contributed by atoms with van der Waals surface area (Å²) in [5.74, 6) is -1.34. The van der Waals surface area contributed by atoms with E-state index in [1.54, 1.807) is 32.0 Å². The molecule has 0 fully saturated rings. The Morgan fingerprint density at radius 2 is 2.05 bits per heavy atom. The lowest BCUT2D eigenvalue weighted by molar-refractivity contribution is -0.148. The fourth-order valence-electron chi connectivity index (χ4n) is 1.55. The van der Waals surface area contributed by atoms with Crippen LogP contribution in [0, 0.1) is 0 Å². The fourth-order valence-corrected chi connectivity index (χ4v) is 1.85. The molecular formula is C13H17ClN2O3. The summed E-state index contributed by atoms with van der Waals surface area (Å²) in [6, 6.07) is 5.46. The molecule has 0 heterocycles. The molecule has 104 valence electrons. The first kappa shape index (κ1) is 15.5. The average molecular weight is 285 g/mol. The highest BCUT2D eigenvalue weighted by atomic mass is 35.5. The molecule has 0 saturated heterocycles. The number of hydrogen-bond acceptors (Lipinski definition) is 4. The van der Waals surface area contributed by atoms with Crippen LogP contribution in [-0.2, 0) is 14.3 Å². The summed E-state index contributed by atoms with van der Waals surface area (Å²) < 4.78 is 4.68. The number of ether oxygens (including phenoxy) is 1. The molecule has 1 unspecified atom stereocenters. The number of nitrogens with two attached hydrogens (primary N) is 1. The molecule has 2 atom stereocenters. The molecule has 5 nitrogen and oxygen atoms in total. The summed E-state index contributed by atoms with van der Waals surface area (Å²) in [5, 5.41) is 3.17. The van der Waals surface area contributed by atoms with Crippen LogP contribution < -0.4 is 11.1 Å². The van der Waals surface area contributed by atoms with Crippen molar-refractivity contribution < 1.29 is 14.3 Å². The van der Waals surface area contributed by atoms with Gasteiger partial charge in [0.2, 0.25) is 5.91 Å². The van der Waals surface area contributed by atoms with Crippen molar-refractivity contribution in [3.8, 4) is 0 Å². The van der Waals surface area contributed by atoms with Gasteiger partial charge in [-0.15, -0.1) is 0 Å². The maximum absolute atomic E-state index is 11.8. The van der Waals surface area contributed by atoms with Crippen molar-refractivity contribution in [2.24, 2.45) is 5.73 Å². The lowest BCUT2D eigenvalue weighted by atomic mass is 10.1. The third kappa shape index (κ3) is 4.22. The Labute approximate surface area is 117 Å². The van der Waals surface area contributed by atoms with Gasteiger partial charge in [0, 0.05) is 5.02 Å². The van der Waals surface area contributed by atoms with E-state index in [0.717, 1.165) is 5.56 Å². The van der Waals surface area contributed by atoms with Crippen molar-refractivity contribution in [3.63, 3.8) is 0 Å². The second kappa shape index (κ2) is 7.11. The zero-order valence-electron chi connectivity index (χ0n) is 10.9. The molecule has 19 heavy (non-hydrogen) atoms. The average Bonchev–Trinajstić information content (AvgIpc) is 2.38. The number of rotatable bonds is 5. The van der Waals surface area contributed by atoms with E-state index in [2.05, 4.69) is 10.1 Å². The van der Waals surface area contributed by atoms with E-state index in [9.17, 15) is 9.59 Å². The molecule has 1 amide bonds. The molecule has 1 rings (SSSR count). The number of benzene rings is 1. The van der Waals surface area contributed by atoms with E-state index in [0.29, 0.717) is 5.02 Å². The Balaban J connectivity index is 2.67. The summed E-state index contributed by atoms with van der Waals surface area (Å²) in [7, 11) is 0. The fraction of sp³-hybridized carbons (Fsp3) is 0.385. The SMILES string of the molecule is CCOC(=O)C(N)C(=O)N[C@H](C)c1ccccc1Cl. The largest absolute Gasteiger partial charge is 0.464 e. The Kier molecular flexibility index (Phi) is 5.79. The van der Waals surface area contributed by atoms with Crippen LogP contribution in [0.25, 0.3) is 0 Å². The standard InChI is InChI=1S/C13H17ClN2O3/c1-3-19-13(18)11(15)12(17)16-8(2)9-6-4-5-7-10(9)14/h4-8,11H,3,15H2,1-2H3,(H,16,17)/t8-,11?/m1/s1. The predicted octanol–water partition coefficient (Wildman–Crippen LogP) is 1.41. The maximum atomic E-state index is 11.8. The van der Waals surface area contributed by atoms with E-state index < -0.39 is 17.9 Å². The molecule has 0 radical (unpaired) electrons. The van der Waals surface area contributed by atoms with Gasteiger partial charge in [0.05, 0.1) is 12.6 Å². The highest BCUT2D eigenvalue weighted by molar-refractivity contribution is 6.31. The van der Waals surface area contributed by atoms with Gasteiger partial charge in [-0.3, -0.25) is 4.79 Å². The van der Waals surface area contributed by atoms with Gasteiger partial charge in [-0.2, -0.15) is 0 Å². The molecule has 0 bridgehead atoms. The molecule has 0 aromatic heterocycles. The van der Waals surface area contributed by atoms with E-state index in [1.807, 2.05) is 6.07 Å². The van der Waals surface area contributed by atoms with E-state index in [1.165, 1.54) is 0 Å². The molecule has 3 N–H and O–H groups in total. The molecule has 1 aromatic carbocycles. The van der Waals surface area contributed by atoms with Gasteiger partial charge in [-0.05, 0) is 25.5 Å². The van der Waals surface area contributed by atoms with E-state index in [4.69, 9.17) is 17.3 Å². The third-order valence-electron chi connectivity index (χ3n) is 2.55. The first-order valence-corrected chi connectivity index (χ1v) is 6.32.